The van der Waals surface area contributed by atoms with E-state index < -0.39 is 0 Å². The van der Waals surface area contributed by atoms with Gasteiger partial charge in [0.1, 0.15) is 6.79 Å². The Balaban J connectivity index is 1.87. The van der Waals surface area contributed by atoms with Gasteiger partial charge in [0, 0.05) is 25.2 Å². The highest BCUT2D eigenvalue weighted by Gasteiger charge is 2.15. The van der Waals surface area contributed by atoms with Crippen LogP contribution >= 0.6 is 0 Å². The molecule has 2 atom stereocenters. The smallest absolute Gasteiger partial charge is 0.221 e. The highest BCUT2D eigenvalue weighted by Crippen LogP contribution is 2.18. The third-order valence-corrected chi connectivity index (χ3v) is 3.33. The molecule has 1 aromatic rings. The fourth-order valence-corrected chi connectivity index (χ4v) is 2.18. The number of hydrogen-bond acceptors (Lipinski definition) is 4. The van der Waals surface area contributed by atoms with Crippen LogP contribution in [0.3, 0.4) is 0 Å². The zero-order valence-corrected chi connectivity index (χ0v) is 12.0. The van der Waals surface area contributed by atoms with E-state index in [1.165, 1.54) is 6.92 Å². The fourth-order valence-electron chi connectivity index (χ4n) is 2.18. The summed E-state index contributed by atoms with van der Waals surface area (Å²) in [6.45, 7) is 5.56. The number of rotatable bonds is 5. The van der Waals surface area contributed by atoms with E-state index in [-0.39, 0.29) is 18.1 Å². The lowest BCUT2D eigenvalue weighted by Gasteiger charge is -2.25. The first-order valence-electron chi connectivity index (χ1n) is 6.95. The van der Waals surface area contributed by atoms with Gasteiger partial charge >= 0.3 is 0 Å². The topological polar surface area (TPSA) is 59.6 Å². The van der Waals surface area contributed by atoms with E-state index in [1.807, 2.05) is 24.3 Å². The first-order chi connectivity index (χ1) is 9.65. The minimum Gasteiger partial charge on any atom is -0.355 e. The van der Waals surface area contributed by atoms with Gasteiger partial charge < -0.3 is 20.1 Å². The second-order valence-corrected chi connectivity index (χ2v) is 5.04. The number of carbonyl (C=O) groups is 1. The first-order valence-corrected chi connectivity index (χ1v) is 6.95. The van der Waals surface area contributed by atoms with Crippen molar-refractivity contribution in [3.05, 3.63) is 29.8 Å². The molecule has 0 aliphatic carbocycles. The average Bonchev–Trinajstić information content (AvgIpc) is 2.45. The Morgan fingerprint density at radius 3 is 3.05 bits per heavy atom. The zero-order chi connectivity index (χ0) is 14.4. The third-order valence-electron chi connectivity index (χ3n) is 3.33. The molecular formula is C15H22N2O3. The maximum atomic E-state index is 11.1. The van der Waals surface area contributed by atoms with Crippen LogP contribution in [-0.2, 0) is 14.3 Å². The number of ether oxygens (including phenoxy) is 2. The van der Waals surface area contributed by atoms with E-state index in [9.17, 15) is 4.79 Å². The number of carbonyl (C=O) groups excluding carboxylic acids is 1. The average molecular weight is 278 g/mol. The van der Waals surface area contributed by atoms with Gasteiger partial charge in [-0.25, -0.2) is 0 Å². The van der Waals surface area contributed by atoms with Gasteiger partial charge in [-0.05, 0) is 31.0 Å². The highest BCUT2D eigenvalue weighted by atomic mass is 16.7. The van der Waals surface area contributed by atoms with Gasteiger partial charge in [0.05, 0.1) is 12.7 Å². The lowest BCUT2D eigenvalue weighted by atomic mass is 10.1. The monoisotopic (exact) mass is 278 g/mol. The summed E-state index contributed by atoms with van der Waals surface area (Å²) < 4.78 is 10.7. The SMILES string of the molecule is CC(=O)Nc1cccc(C(C)NCC2CCOCO2)c1. The molecule has 0 radical (unpaired) electrons. The molecule has 0 aromatic heterocycles. The first kappa shape index (κ1) is 15.0. The molecule has 0 bridgehead atoms. The molecule has 0 saturated carbocycles. The normalized spacial score (nSPS) is 20.4. The molecule has 20 heavy (non-hydrogen) atoms. The van der Waals surface area contributed by atoms with Crippen LogP contribution in [-0.4, -0.2) is 32.0 Å². The van der Waals surface area contributed by atoms with E-state index in [2.05, 4.69) is 17.6 Å². The van der Waals surface area contributed by atoms with Crippen LogP contribution in [0.5, 0.6) is 0 Å². The number of amides is 1. The van der Waals surface area contributed by atoms with E-state index in [4.69, 9.17) is 9.47 Å². The Morgan fingerprint density at radius 1 is 1.50 bits per heavy atom. The fraction of sp³-hybridized carbons (Fsp3) is 0.533. The van der Waals surface area contributed by atoms with Gasteiger partial charge in [0.2, 0.25) is 5.91 Å². The summed E-state index contributed by atoms with van der Waals surface area (Å²) in [6.07, 6.45) is 1.13. The van der Waals surface area contributed by atoms with Gasteiger partial charge in [-0.15, -0.1) is 0 Å². The molecule has 2 rings (SSSR count). The summed E-state index contributed by atoms with van der Waals surface area (Å²) in [6, 6.07) is 8.08. The maximum Gasteiger partial charge on any atom is 0.221 e. The molecule has 1 aromatic carbocycles. The lowest BCUT2D eigenvalue weighted by molar-refractivity contribution is -0.137. The maximum absolute atomic E-state index is 11.1. The molecule has 5 heteroatoms. The predicted molar refractivity (Wildman–Crippen MR) is 77.5 cm³/mol. The van der Waals surface area contributed by atoms with Crippen molar-refractivity contribution in [2.45, 2.75) is 32.4 Å². The molecule has 1 heterocycles. The molecule has 1 fully saturated rings. The molecule has 5 nitrogen and oxygen atoms in total. The van der Waals surface area contributed by atoms with Crippen LogP contribution in [0.4, 0.5) is 5.69 Å². The second kappa shape index (κ2) is 7.38. The second-order valence-electron chi connectivity index (χ2n) is 5.04. The standard InChI is InChI=1S/C15H22N2O3/c1-11(16-9-15-6-7-19-10-20-15)13-4-3-5-14(8-13)17-12(2)18/h3-5,8,11,15-16H,6-7,9-10H2,1-2H3,(H,17,18). The Kier molecular flexibility index (Phi) is 5.52. The van der Waals surface area contributed by atoms with Gasteiger partial charge in [0.25, 0.3) is 0 Å². The quantitative estimate of drug-likeness (QED) is 0.865. The van der Waals surface area contributed by atoms with E-state index in [0.717, 1.165) is 30.8 Å². The van der Waals surface area contributed by atoms with Gasteiger partial charge in [-0.2, -0.15) is 0 Å². The summed E-state index contributed by atoms with van der Waals surface area (Å²) in [4.78, 5) is 11.1. The van der Waals surface area contributed by atoms with Crippen LogP contribution in [0.25, 0.3) is 0 Å². The molecule has 1 saturated heterocycles. The van der Waals surface area contributed by atoms with Crippen molar-refractivity contribution in [3.63, 3.8) is 0 Å². The summed E-state index contributed by atoms with van der Waals surface area (Å²) in [7, 11) is 0. The van der Waals surface area contributed by atoms with Crippen molar-refractivity contribution in [1.82, 2.24) is 5.32 Å². The van der Waals surface area contributed by atoms with Crippen LogP contribution in [0.1, 0.15) is 31.9 Å². The molecule has 2 unspecified atom stereocenters. The predicted octanol–water partition coefficient (Wildman–Crippen LogP) is 2.06. The van der Waals surface area contributed by atoms with E-state index in [0.29, 0.717) is 6.79 Å². The van der Waals surface area contributed by atoms with Crippen molar-refractivity contribution < 1.29 is 14.3 Å². The van der Waals surface area contributed by atoms with E-state index in [1.54, 1.807) is 0 Å². The van der Waals surface area contributed by atoms with Gasteiger partial charge in [-0.1, -0.05) is 12.1 Å². The minimum atomic E-state index is -0.0571. The molecule has 1 aliphatic rings. The number of hydrogen-bond donors (Lipinski definition) is 2. The Labute approximate surface area is 119 Å². The minimum absolute atomic E-state index is 0.0571. The van der Waals surface area contributed by atoms with Crippen molar-refractivity contribution in [2.24, 2.45) is 0 Å². The lowest BCUT2D eigenvalue weighted by Crippen LogP contribution is -2.35. The van der Waals surface area contributed by atoms with Crippen molar-refractivity contribution in [3.8, 4) is 0 Å². The highest BCUT2D eigenvalue weighted by molar-refractivity contribution is 5.88. The largest absolute Gasteiger partial charge is 0.355 e. The molecule has 1 amide bonds. The number of benzene rings is 1. The van der Waals surface area contributed by atoms with Crippen LogP contribution in [0.2, 0.25) is 0 Å². The van der Waals surface area contributed by atoms with Crippen molar-refractivity contribution >= 4 is 11.6 Å². The third kappa shape index (κ3) is 4.59. The Morgan fingerprint density at radius 2 is 2.35 bits per heavy atom. The van der Waals surface area contributed by atoms with Gasteiger partial charge in [0.15, 0.2) is 0 Å². The zero-order valence-electron chi connectivity index (χ0n) is 12.0. The van der Waals surface area contributed by atoms with Crippen LogP contribution < -0.4 is 10.6 Å². The number of anilines is 1. The summed E-state index contributed by atoms with van der Waals surface area (Å²) in [5.41, 5.74) is 1.97. The summed E-state index contributed by atoms with van der Waals surface area (Å²) in [5, 5.41) is 6.25. The van der Waals surface area contributed by atoms with E-state index >= 15 is 0 Å². The molecule has 110 valence electrons. The molecule has 2 N–H and O–H groups in total. The van der Waals surface area contributed by atoms with Crippen LogP contribution in [0.15, 0.2) is 24.3 Å². The summed E-state index contributed by atoms with van der Waals surface area (Å²) >= 11 is 0. The Bertz CT molecular complexity index is 444. The summed E-state index contributed by atoms with van der Waals surface area (Å²) in [5.74, 6) is -0.0571. The van der Waals surface area contributed by atoms with Crippen LogP contribution in [0, 0.1) is 0 Å². The molecule has 0 spiro atoms. The Hall–Kier alpha value is -1.43. The molecule has 1 aliphatic heterocycles. The van der Waals surface area contributed by atoms with Gasteiger partial charge in [-0.3, -0.25) is 4.79 Å². The number of nitrogens with one attached hydrogen (secondary N) is 2. The van der Waals surface area contributed by atoms with Crippen molar-refractivity contribution in [1.29, 1.82) is 0 Å². The van der Waals surface area contributed by atoms with Crippen molar-refractivity contribution in [2.75, 3.05) is 25.3 Å². The molecular weight excluding hydrogens is 256 g/mol.